The van der Waals surface area contributed by atoms with E-state index in [1.165, 1.54) is 5.56 Å². The molecule has 11 nitrogen and oxygen atoms in total. The fraction of sp³-hybridized carbons (Fsp3) is 0.159. The van der Waals surface area contributed by atoms with E-state index in [0.29, 0.717) is 39.4 Å². The molecule has 0 aliphatic heterocycles. The molecule has 0 radical (unpaired) electrons. The number of carbonyl (C=O) groups is 4. The second kappa shape index (κ2) is 26.1. The Kier molecular flexibility index (Phi) is 18.9. The number of ether oxygens (including phenoxy) is 2. The van der Waals surface area contributed by atoms with Crippen molar-refractivity contribution in [3.8, 4) is 22.3 Å². The average molecular weight is 1060 g/mol. The smallest absolute Gasteiger partial charge is 0.338 e. The summed E-state index contributed by atoms with van der Waals surface area (Å²) in [7, 11) is 0. The number of aromatic carboxylic acids is 1. The van der Waals surface area contributed by atoms with Crippen LogP contribution in [-0.4, -0.2) is 38.9 Å². The van der Waals surface area contributed by atoms with Crippen LogP contribution in [0.1, 0.15) is 113 Å². The molecule has 0 aliphatic carbocycles. The van der Waals surface area contributed by atoms with E-state index in [1.807, 2.05) is 140 Å². The van der Waals surface area contributed by atoms with E-state index >= 15 is 0 Å². The third kappa shape index (κ3) is 15.3. The summed E-state index contributed by atoms with van der Waals surface area (Å²) in [6.45, 7) is 13.2. The Hall–Kier alpha value is -9.74. The van der Waals surface area contributed by atoms with Gasteiger partial charge in [0.05, 0.1) is 27.7 Å². The number of nitrogens with zero attached hydrogens (tertiary/aromatic N) is 2. The molecule has 11 heteroatoms. The highest BCUT2D eigenvalue weighted by molar-refractivity contribution is 6.06. The Morgan fingerprint density at radius 2 is 0.988 bits per heavy atom. The number of benzene rings is 8. The lowest BCUT2D eigenvalue weighted by atomic mass is 9.82. The van der Waals surface area contributed by atoms with E-state index < -0.39 is 11.9 Å². The summed E-state index contributed by atoms with van der Waals surface area (Å²) >= 11 is 0. The molecule has 80 heavy (non-hydrogen) atoms. The number of nitrogen functional groups attached to an aromatic ring is 1. The van der Waals surface area contributed by atoms with Crippen LogP contribution < -0.4 is 11.1 Å². The first kappa shape index (κ1) is 58.0. The van der Waals surface area contributed by atoms with Gasteiger partial charge in [-0.3, -0.25) is 4.79 Å². The van der Waals surface area contributed by atoms with E-state index in [1.54, 1.807) is 60.7 Å². The largest absolute Gasteiger partial charge is 0.478 e. The van der Waals surface area contributed by atoms with Crippen LogP contribution in [0, 0.1) is 0 Å². The van der Waals surface area contributed by atoms with Crippen LogP contribution in [0.15, 0.2) is 218 Å². The Morgan fingerprint density at radius 1 is 0.487 bits per heavy atom. The van der Waals surface area contributed by atoms with Crippen molar-refractivity contribution in [3.63, 3.8) is 0 Å². The van der Waals surface area contributed by atoms with Gasteiger partial charge in [0.15, 0.2) is 0 Å². The highest BCUT2D eigenvalue weighted by Crippen LogP contribution is 2.32. The van der Waals surface area contributed by atoms with Gasteiger partial charge in [-0.2, -0.15) is 0 Å². The van der Waals surface area contributed by atoms with E-state index in [4.69, 9.17) is 15.2 Å². The molecule has 1 amide bonds. The number of carbonyl (C=O) groups excluding carboxylic acids is 3. The number of anilines is 2. The molecule has 2 aromatic heterocycles. The zero-order valence-corrected chi connectivity index (χ0v) is 45.1. The van der Waals surface area contributed by atoms with Gasteiger partial charge in [0, 0.05) is 16.3 Å². The van der Waals surface area contributed by atoms with Gasteiger partial charge >= 0.3 is 17.9 Å². The molecule has 404 valence electrons. The van der Waals surface area contributed by atoms with E-state index in [-0.39, 0.29) is 43.3 Å². The SMILES string of the molecule is C.CC(C)(C)c1ccc(-c2ccccc2)cc1C(=O)Nc1ccc2cc(C(=O)OCc3ccccc3)ccc2n1.CC(C)(C)c1ccc(-c2ccccc2C(=O)O)cc1.Nc1ccc2cc(C(=O)OCc3ccccc3)ccc2n1. The first-order valence-electron chi connectivity index (χ1n) is 25.8. The number of rotatable bonds is 11. The number of nitrogens with two attached hydrogens (primary N) is 1. The quantitative estimate of drug-likeness (QED) is 0.106. The molecular weight excluding hydrogens is 997 g/mol. The standard InChI is InChI=1S/C34H30N2O3.C17H14N2O2.C17H18O2.CH4/c1-34(2,3)29-17-14-25(24-12-8-5-9-13-24)21-28(29)32(37)36-31-19-16-26-20-27(15-18-30(26)35-31)33(38)39-22-23-10-6-4-7-11-23;18-16-9-7-13-10-14(6-8-15(13)19-16)17(20)21-11-12-4-2-1-3-5-12;1-17(2,3)13-10-8-12(9-11-13)14-6-4-5-7-15(14)16(18)19;/h4-21H,22H2,1-3H3,(H,35,36,37);1-10H,11H2,(H2,18,19);4-11H,1-3H3,(H,18,19);1H4. The Morgan fingerprint density at radius 3 is 1.52 bits per heavy atom. The first-order chi connectivity index (χ1) is 37.9. The third-order valence-corrected chi connectivity index (χ3v) is 12.9. The highest BCUT2D eigenvalue weighted by Gasteiger charge is 2.23. The van der Waals surface area contributed by atoms with Crippen molar-refractivity contribution < 1.29 is 33.8 Å². The molecule has 0 saturated heterocycles. The number of hydrogen-bond acceptors (Lipinski definition) is 9. The Labute approximate surface area is 468 Å². The number of hydrogen-bond donors (Lipinski definition) is 3. The second-order valence-corrected chi connectivity index (χ2v) is 20.9. The number of amides is 1. The summed E-state index contributed by atoms with van der Waals surface area (Å²) in [6.07, 6.45) is 0. The van der Waals surface area contributed by atoms with Crippen LogP contribution in [0.2, 0.25) is 0 Å². The van der Waals surface area contributed by atoms with Crippen LogP contribution in [0.3, 0.4) is 0 Å². The van der Waals surface area contributed by atoms with Crippen molar-refractivity contribution in [3.05, 3.63) is 263 Å². The molecule has 8 aromatic carbocycles. The lowest BCUT2D eigenvalue weighted by Gasteiger charge is -2.23. The molecule has 0 fully saturated rings. The first-order valence-corrected chi connectivity index (χ1v) is 25.8. The topological polar surface area (TPSA) is 171 Å². The molecule has 4 N–H and O–H groups in total. The zero-order valence-electron chi connectivity index (χ0n) is 45.1. The molecule has 0 unspecified atom stereocenters. The van der Waals surface area contributed by atoms with Crippen LogP contribution in [-0.2, 0) is 33.5 Å². The minimum atomic E-state index is -0.893. The summed E-state index contributed by atoms with van der Waals surface area (Å²) in [4.78, 5) is 58.2. The summed E-state index contributed by atoms with van der Waals surface area (Å²) in [5.74, 6) is -0.955. The monoisotopic (exact) mass is 1060 g/mol. The van der Waals surface area contributed by atoms with Gasteiger partial charge in [-0.15, -0.1) is 0 Å². The number of carboxylic acids is 1. The van der Waals surface area contributed by atoms with Crippen molar-refractivity contribution in [2.24, 2.45) is 0 Å². The third-order valence-electron chi connectivity index (χ3n) is 12.9. The Balaban J connectivity index is 0.000000190. The van der Waals surface area contributed by atoms with Gasteiger partial charge in [0.1, 0.15) is 24.8 Å². The van der Waals surface area contributed by atoms with Gasteiger partial charge in [0.2, 0.25) is 0 Å². The summed E-state index contributed by atoms with van der Waals surface area (Å²) < 4.78 is 10.8. The van der Waals surface area contributed by atoms with Crippen molar-refractivity contribution in [2.45, 2.75) is 73.0 Å². The summed E-state index contributed by atoms with van der Waals surface area (Å²) in [5, 5.41) is 13.8. The molecule has 0 saturated carbocycles. The number of pyridine rings is 2. The van der Waals surface area contributed by atoms with Gasteiger partial charge in [-0.25, -0.2) is 24.4 Å². The molecule has 0 aliphatic rings. The normalized spacial score (nSPS) is 10.9. The molecule has 0 bridgehead atoms. The molecule has 0 spiro atoms. The number of nitrogens with one attached hydrogen (secondary N) is 1. The zero-order chi connectivity index (χ0) is 56.1. The van der Waals surface area contributed by atoms with Crippen molar-refractivity contribution in [1.29, 1.82) is 0 Å². The maximum absolute atomic E-state index is 13.5. The summed E-state index contributed by atoms with van der Waals surface area (Å²) in [5.41, 5.74) is 16.7. The van der Waals surface area contributed by atoms with Crippen molar-refractivity contribution >= 4 is 57.3 Å². The van der Waals surface area contributed by atoms with Crippen molar-refractivity contribution in [2.75, 3.05) is 11.1 Å². The van der Waals surface area contributed by atoms with E-state index in [0.717, 1.165) is 55.2 Å². The van der Waals surface area contributed by atoms with Gasteiger partial charge in [0.25, 0.3) is 5.91 Å². The Bertz CT molecular complexity index is 3760. The predicted molar refractivity (Wildman–Crippen MR) is 322 cm³/mol. The summed E-state index contributed by atoms with van der Waals surface area (Å²) in [6, 6.07) is 67.9. The minimum absolute atomic E-state index is 0. The lowest BCUT2D eigenvalue weighted by Crippen LogP contribution is -2.21. The van der Waals surface area contributed by atoms with Crippen LogP contribution in [0.5, 0.6) is 0 Å². The molecule has 10 rings (SSSR count). The second-order valence-electron chi connectivity index (χ2n) is 20.9. The minimum Gasteiger partial charge on any atom is -0.478 e. The van der Waals surface area contributed by atoms with Gasteiger partial charge in [-0.05, 0) is 128 Å². The molecule has 2 heterocycles. The van der Waals surface area contributed by atoms with Crippen molar-refractivity contribution in [1.82, 2.24) is 9.97 Å². The number of aromatic nitrogens is 2. The molecular formula is C69H66N4O7. The van der Waals surface area contributed by atoms with Crippen LogP contribution in [0.4, 0.5) is 11.6 Å². The predicted octanol–water partition coefficient (Wildman–Crippen LogP) is 16.0. The number of fused-ring (bicyclic) bond motifs is 2. The fourth-order valence-electron chi connectivity index (χ4n) is 8.65. The average Bonchev–Trinajstić information content (AvgIpc) is 3.50. The fourth-order valence-corrected chi connectivity index (χ4v) is 8.65. The van der Waals surface area contributed by atoms with Gasteiger partial charge < -0.3 is 25.6 Å². The van der Waals surface area contributed by atoms with Crippen LogP contribution in [0.25, 0.3) is 44.1 Å². The van der Waals surface area contributed by atoms with E-state index in [9.17, 15) is 24.3 Å². The molecule has 10 aromatic rings. The maximum Gasteiger partial charge on any atom is 0.338 e. The van der Waals surface area contributed by atoms with E-state index in [2.05, 4.69) is 75.0 Å². The number of carboxylic acid groups (broad SMARTS) is 1. The van der Waals surface area contributed by atoms with Crippen LogP contribution >= 0.6 is 0 Å². The lowest BCUT2D eigenvalue weighted by molar-refractivity contribution is 0.0464. The number of esters is 2. The molecule has 0 atom stereocenters. The maximum atomic E-state index is 13.5. The van der Waals surface area contributed by atoms with Gasteiger partial charge in [-0.1, -0.05) is 195 Å². The highest BCUT2D eigenvalue weighted by atomic mass is 16.5.